The van der Waals surface area contributed by atoms with Crippen LogP contribution in [0.2, 0.25) is 0 Å². The number of aliphatic hydroxyl groups is 2. The number of rotatable bonds is 10. The number of aryl methyl sites for hydroxylation is 1. The van der Waals surface area contributed by atoms with E-state index in [1.165, 1.54) is 6.07 Å². The summed E-state index contributed by atoms with van der Waals surface area (Å²) in [7, 11) is 1.85. The number of imidazole rings is 1. The summed E-state index contributed by atoms with van der Waals surface area (Å²) < 4.78 is 7.44. The fourth-order valence-corrected chi connectivity index (χ4v) is 4.04. The predicted molar refractivity (Wildman–Crippen MR) is 137 cm³/mol. The number of nitrogens with one attached hydrogen (secondary N) is 1. The van der Waals surface area contributed by atoms with Crippen LogP contribution < -0.4 is 10.1 Å². The molecule has 1 amide bonds. The summed E-state index contributed by atoms with van der Waals surface area (Å²) in [5.74, 6) is 0.708. The Balaban J connectivity index is 1.72. The van der Waals surface area contributed by atoms with Crippen LogP contribution in [0.4, 0.5) is 0 Å². The molecule has 190 valence electrons. The number of carbonyl (C=O) groups is 1. The predicted octanol–water partition coefficient (Wildman–Crippen LogP) is 3.70. The largest absolute Gasteiger partial charge is 0.490 e. The number of benzene rings is 2. The lowest BCUT2D eigenvalue weighted by atomic mass is 10.0. The van der Waals surface area contributed by atoms with Crippen molar-refractivity contribution in [2.75, 3.05) is 6.61 Å². The van der Waals surface area contributed by atoms with Crippen molar-refractivity contribution >= 4 is 5.91 Å². The van der Waals surface area contributed by atoms with Crippen LogP contribution in [0, 0.1) is 11.3 Å². The van der Waals surface area contributed by atoms with Gasteiger partial charge in [0, 0.05) is 37.0 Å². The topological polar surface area (TPSA) is 120 Å². The zero-order chi connectivity index (χ0) is 26.5. The standard InChI is InChI=1S/C28H34N4O4/c1-18(2)36-25-11-10-21(15-22(25)16-29)26(34)30-23(12-13-33)14-19-6-8-20(9-7-19)24-17-32(5)27(31-24)28(3,4)35/h6-11,15,17-18,23,33,35H,12-14H2,1-5H3,(H,30,34). The van der Waals surface area contributed by atoms with Gasteiger partial charge in [0.05, 0.1) is 17.4 Å². The van der Waals surface area contributed by atoms with Crippen molar-refractivity contribution in [3.63, 3.8) is 0 Å². The molecule has 36 heavy (non-hydrogen) atoms. The molecule has 1 unspecified atom stereocenters. The highest BCUT2D eigenvalue weighted by atomic mass is 16.5. The SMILES string of the molecule is CC(C)Oc1ccc(C(=O)NC(CCO)Cc2ccc(-c3cn(C)c(C(C)(C)O)n3)cc2)cc1C#N. The zero-order valence-corrected chi connectivity index (χ0v) is 21.4. The Labute approximate surface area is 212 Å². The van der Waals surface area contributed by atoms with Crippen LogP contribution in [-0.4, -0.2) is 44.4 Å². The monoisotopic (exact) mass is 490 g/mol. The Bertz CT molecular complexity index is 1230. The van der Waals surface area contributed by atoms with E-state index in [1.54, 1.807) is 26.0 Å². The molecule has 0 aliphatic rings. The molecule has 0 radical (unpaired) electrons. The van der Waals surface area contributed by atoms with Crippen molar-refractivity contribution in [1.82, 2.24) is 14.9 Å². The first kappa shape index (κ1) is 26.9. The van der Waals surface area contributed by atoms with Gasteiger partial charge in [-0.2, -0.15) is 5.26 Å². The van der Waals surface area contributed by atoms with E-state index in [0.717, 1.165) is 16.8 Å². The lowest BCUT2D eigenvalue weighted by Crippen LogP contribution is -2.37. The Morgan fingerprint density at radius 3 is 2.47 bits per heavy atom. The van der Waals surface area contributed by atoms with Crippen molar-refractivity contribution in [1.29, 1.82) is 5.26 Å². The van der Waals surface area contributed by atoms with Gasteiger partial charge in [-0.15, -0.1) is 0 Å². The molecule has 1 heterocycles. The quantitative estimate of drug-likeness (QED) is 0.399. The minimum absolute atomic E-state index is 0.0682. The molecule has 0 spiro atoms. The number of hydrogen-bond acceptors (Lipinski definition) is 6. The fraction of sp³-hybridized carbons (Fsp3) is 0.393. The molecule has 0 saturated carbocycles. The van der Waals surface area contributed by atoms with E-state index in [-0.39, 0.29) is 24.7 Å². The molecule has 1 aromatic heterocycles. The van der Waals surface area contributed by atoms with Gasteiger partial charge in [-0.05, 0) is 64.3 Å². The van der Waals surface area contributed by atoms with Gasteiger partial charge in [-0.1, -0.05) is 24.3 Å². The van der Waals surface area contributed by atoms with Gasteiger partial charge >= 0.3 is 0 Å². The van der Waals surface area contributed by atoms with E-state index in [2.05, 4.69) is 16.4 Å². The molecular weight excluding hydrogens is 456 g/mol. The molecular formula is C28H34N4O4. The molecule has 8 heteroatoms. The molecule has 3 rings (SSSR count). The second kappa shape index (κ2) is 11.4. The molecule has 2 aromatic carbocycles. The van der Waals surface area contributed by atoms with E-state index in [1.807, 2.05) is 55.9 Å². The maximum atomic E-state index is 12.9. The molecule has 1 atom stereocenters. The number of nitriles is 1. The fourth-order valence-electron chi connectivity index (χ4n) is 4.04. The average Bonchev–Trinajstić information content (AvgIpc) is 3.21. The van der Waals surface area contributed by atoms with E-state index >= 15 is 0 Å². The van der Waals surface area contributed by atoms with Crippen LogP contribution in [0.15, 0.2) is 48.7 Å². The van der Waals surface area contributed by atoms with E-state index in [0.29, 0.717) is 35.5 Å². The average molecular weight is 491 g/mol. The Kier molecular flexibility index (Phi) is 8.51. The lowest BCUT2D eigenvalue weighted by Gasteiger charge is -2.19. The van der Waals surface area contributed by atoms with Crippen molar-refractivity contribution in [2.45, 2.75) is 58.3 Å². The lowest BCUT2D eigenvalue weighted by molar-refractivity contribution is 0.0659. The summed E-state index contributed by atoms with van der Waals surface area (Å²) in [6.07, 6.45) is 2.72. The van der Waals surface area contributed by atoms with Gasteiger partial charge in [0.25, 0.3) is 5.91 Å². The highest BCUT2D eigenvalue weighted by Crippen LogP contribution is 2.25. The highest BCUT2D eigenvalue weighted by Gasteiger charge is 2.23. The first-order valence-electron chi connectivity index (χ1n) is 12.0. The second-order valence-electron chi connectivity index (χ2n) is 9.69. The Morgan fingerprint density at radius 1 is 1.22 bits per heavy atom. The van der Waals surface area contributed by atoms with Crippen LogP contribution in [-0.2, 0) is 19.1 Å². The molecule has 0 aliphatic heterocycles. The number of carbonyl (C=O) groups excluding carboxylic acids is 1. The smallest absolute Gasteiger partial charge is 0.251 e. The van der Waals surface area contributed by atoms with Crippen molar-refractivity contribution in [3.8, 4) is 23.1 Å². The molecule has 8 nitrogen and oxygen atoms in total. The molecule has 0 bridgehead atoms. The number of aliphatic hydroxyl groups excluding tert-OH is 1. The summed E-state index contributed by atoms with van der Waals surface area (Å²) in [6, 6.07) is 14.4. The molecule has 0 aliphatic carbocycles. The Hall–Kier alpha value is -3.67. The molecule has 3 N–H and O–H groups in total. The van der Waals surface area contributed by atoms with Gasteiger partial charge in [-0.25, -0.2) is 4.98 Å². The van der Waals surface area contributed by atoms with E-state index < -0.39 is 5.60 Å². The van der Waals surface area contributed by atoms with E-state index in [4.69, 9.17) is 4.74 Å². The number of hydrogen-bond donors (Lipinski definition) is 3. The molecule has 3 aromatic rings. The van der Waals surface area contributed by atoms with Gasteiger partial charge in [0.2, 0.25) is 0 Å². The molecule has 0 fully saturated rings. The van der Waals surface area contributed by atoms with Gasteiger partial charge in [0.1, 0.15) is 23.2 Å². The first-order chi connectivity index (χ1) is 17.0. The van der Waals surface area contributed by atoms with Gasteiger partial charge < -0.3 is 24.8 Å². The summed E-state index contributed by atoms with van der Waals surface area (Å²) in [4.78, 5) is 17.5. The number of amides is 1. The third-order valence-electron chi connectivity index (χ3n) is 5.69. The van der Waals surface area contributed by atoms with Crippen LogP contribution in [0.25, 0.3) is 11.3 Å². The summed E-state index contributed by atoms with van der Waals surface area (Å²) in [5.41, 5.74) is 2.29. The van der Waals surface area contributed by atoms with Crippen LogP contribution in [0.1, 0.15) is 61.4 Å². The van der Waals surface area contributed by atoms with Gasteiger partial charge in [-0.3, -0.25) is 4.79 Å². The van der Waals surface area contributed by atoms with Crippen molar-refractivity contribution in [3.05, 3.63) is 71.2 Å². The minimum atomic E-state index is -1.04. The summed E-state index contributed by atoms with van der Waals surface area (Å²) in [6.45, 7) is 7.08. The maximum absolute atomic E-state index is 12.9. The maximum Gasteiger partial charge on any atom is 0.251 e. The summed E-state index contributed by atoms with van der Waals surface area (Å²) in [5, 5.41) is 32.3. The zero-order valence-electron chi connectivity index (χ0n) is 21.4. The number of aromatic nitrogens is 2. The van der Waals surface area contributed by atoms with Crippen molar-refractivity contribution in [2.24, 2.45) is 7.05 Å². The summed E-state index contributed by atoms with van der Waals surface area (Å²) >= 11 is 0. The highest BCUT2D eigenvalue weighted by molar-refractivity contribution is 5.95. The van der Waals surface area contributed by atoms with Gasteiger partial charge in [0.15, 0.2) is 0 Å². The Morgan fingerprint density at radius 2 is 1.92 bits per heavy atom. The number of ether oxygens (including phenoxy) is 1. The first-order valence-corrected chi connectivity index (χ1v) is 12.0. The van der Waals surface area contributed by atoms with E-state index in [9.17, 15) is 20.3 Å². The molecule has 0 saturated heterocycles. The number of nitrogens with zero attached hydrogens (tertiary/aromatic N) is 3. The third-order valence-corrected chi connectivity index (χ3v) is 5.69. The minimum Gasteiger partial charge on any atom is -0.490 e. The van der Waals surface area contributed by atoms with Crippen LogP contribution >= 0.6 is 0 Å². The van der Waals surface area contributed by atoms with Crippen LogP contribution in [0.5, 0.6) is 5.75 Å². The van der Waals surface area contributed by atoms with Crippen molar-refractivity contribution < 1.29 is 19.7 Å². The second-order valence-corrected chi connectivity index (χ2v) is 9.69. The van der Waals surface area contributed by atoms with Crippen LogP contribution in [0.3, 0.4) is 0 Å². The third kappa shape index (κ3) is 6.72. The normalized spacial score (nSPS) is 12.3.